The van der Waals surface area contributed by atoms with Crippen molar-refractivity contribution in [3.05, 3.63) is 138 Å². The summed E-state index contributed by atoms with van der Waals surface area (Å²) in [5.74, 6) is 0. The summed E-state index contributed by atoms with van der Waals surface area (Å²) in [4.78, 5) is 5.27. The summed E-state index contributed by atoms with van der Waals surface area (Å²) in [5, 5.41) is 2.69. The molecular formula is C44H37BN2S. The van der Waals surface area contributed by atoms with E-state index in [1.54, 1.807) is 0 Å². The maximum absolute atomic E-state index is 2.67. The number of para-hydroxylation sites is 2. The van der Waals surface area contributed by atoms with Crippen LogP contribution in [0.1, 0.15) is 55.9 Å². The lowest BCUT2D eigenvalue weighted by atomic mass is 9.42. The van der Waals surface area contributed by atoms with E-state index < -0.39 is 0 Å². The van der Waals surface area contributed by atoms with Crippen LogP contribution in [-0.2, 0) is 11.8 Å². The molecular weight excluding hydrogens is 599 g/mol. The third kappa shape index (κ3) is 3.75. The van der Waals surface area contributed by atoms with Crippen LogP contribution in [0.15, 0.2) is 115 Å². The molecule has 0 N–H and O–H groups in total. The van der Waals surface area contributed by atoms with E-state index in [-0.39, 0.29) is 12.3 Å². The van der Waals surface area contributed by atoms with Crippen molar-refractivity contribution in [1.82, 2.24) is 0 Å². The van der Waals surface area contributed by atoms with E-state index in [2.05, 4.69) is 153 Å². The number of nitrogens with zero attached hydrogens (tertiary/aromatic N) is 2. The van der Waals surface area contributed by atoms with Crippen LogP contribution in [0, 0.1) is 6.92 Å². The van der Waals surface area contributed by atoms with Gasteiger partial charge < -0.3 is 9.71 Å². The molecule has 6 aromatic carbocycles. The average molecular weight is 637 g/mol. The van der Waals surface area contributed by atoms with Gasteiger partial charge in [-0.25, -0.2) is 0 Å². The van der Waals surface area contributed by atoms with Crippen molar-refractivity contribution in [3.8, 4) is 11.1 Å². The highest BCUT2D eigenvalue weighted by Crippen LogP contribution is 2.55. The molecule has 232 valence electrons. The first-order valence-electron chi connectivity index (χ1n) is 17.5. The summed E-state index contributed by atoms with van der Waals surface area (Å²) >= 11 is 1.91. The van der Waals surface area contributed by atoms with E-state index in [0.717, 1.165) is 6.42 Å². The standard InChI is InChI=1S/C44H37BN2S/c1-5-6-12-28-19-21-29(22-20-28)47-38-25-32-30-13-7-10-18-40(30)48-41(32)26-31(38)33-23-27(2)24-39-42(33)45(47)36-16-11-15-35-43(36)46(39)37-17-9-8-14-34(37)44(35,3)4/h7-11,13-26H,5-6,12H2,1-4H3. The van der Waals surface area contributed by atoms with E-state index >= 15 is 0 Å². The summed E-state index contributed by atoms with van der Waals surface area (Å²) in [6.45, 7) is 9.39. The lowest BCUT2D eigenvalue weighted by molar-refractivity contribution is 0.632. The van der Waals surface area contributed by atoms with Crippen LogP contribution in [0.2, 0.25) is 0 Å². The van der Waals surface area contributed by atoms with Gasteiger partial charge in [0, 0.05) is 53.9 Å². The first kappa shape index (κ1) is 28.2. The molecule has 4 heteroatoms. The first-order chi connectivity index (χ1) is 23.4. The molecule has 1 aromatic heterocycles. The molecule has 0 unspecified atom stereocenters. The van der Waals surface area contributed by atoms with Crippen molar-refractivity contribution in [3.63, 3.8) is 0 Å². The molecule has 0 saturated carbocycles. The van der Waals surface area contributed by atoms with E-state index in [1.807, 2.05) is 11.3 Å². The normalized spacial score (nSPS) is 15.0. The molecule has 10 rings (SSSR count). The molecule has 0 radical (unpaired) electrons. The van der Waals surface area contributed by atoms with Gasteiger partial charge in [-0.05, 0) is 101 Å². The highest BCUT2D eigenvalue weighted by Gasteiger charge is 2.49. The van der Waals surface area contributed by atoms with Crippen LogP contribution < -0.4 is 20.6 Å². The van der Waals surface area contributed by atoms with Gasteiger partial charge in [-0.1, -0.05) is 100.0 Å². The third-order valence-electron chi connectivity index (χ3n) is 11.2. The number of hydrogen-bond donors (Lipinski definition) is 0. The quantitative estimate of drug-likeness (QED) is 0.177. The van der Waals surface area contributed by atoms with Crippen molar-refractivity contribution in [2.24, 2.45) is 0 Å². The molecule has 2 nitrogen and oxygen atoms in total. The maximum atomic E-state index is 2.67. The molecule has 0 bridgehead atoms. The van der Waals surface area contributed by atoms with Crippen molar-refractivity contribution in [2.45, 2.75) is 52.4 Å². The van der Waals surface area contributed by atoms with Gasteiger partial charge in [-0.3, -0.25) is 0 Å². The first-order valence-corrected chi connectivity index (χ1v) is 18.3. The second kappa shape index (κ2) is 10.1. The Morgan fingerprint density at radius 2 is 1.48 bits per heavy atom. The Kier molecular flexibility index (Phi) is 5.95. The maximum Gasteiger partial charge on any atom is 0.333 e. The summed E-state index contributed by atoms with van der Waals surface area (Å²) in [6.07, 6.45) is 3.55. The number of fused-ring (bicyclic) bond motifs is 9. The molecule has 3 aliphatic rings. The fraction of sp³-hybridized carbons (Fsp3) is 0.182. The van der Waals surface area contributed by atoms with E-state index in [9.17, 15) is 0 Å². The average Bonchev–Trinajstić information content (AvgIpc) is 3.47. The lowest BCUT2D eigenvalue weighted by Crippen LogP contribution is -2.62. The Labute approximate surface area is 287 Å². The van der Waals surface area contributed by atoms with Gasteiger partial charge in [0.1, 0.15) is 0 Å². The summed E-state index contributed by atoms with van der Waals surface area (Å²) in [6, 6.07) is 44.4. The molecule has 0 fully saturated rings. The molecule has 48 heavy (non-hydrogen) atoms. The summed E-state index contributed by atoms with van der Waals surface area (Å²) in [5.41, 5.74) is 17.3. The molecule has 0 saturated heterocycles. The number of benzene rings is 6. The van der Waals surface area contributed by atoms with E-state index in [1.165, 1.54) is 106 Å². The minimum Gasteiger partial charge on any atom is -0.376 e. The molecule has 0 aliphatic carbocycles. The van der Waals surface area contributed by atoms with E-state index in [0.29, 0.717) is 0 Å². The van der Waals surface area contributed by atoms with Crippen molar-refractivity contribution >= 4 is 77.7 Å². The number of thiophene rings is 1. The van der Waals surface area contributed by atoms with Gasteiger partial charge >= 0.3 is 6.85 Å². The Hall–Kier alpha value is -4.80. The van der Waals surface area contributed by atoms with Gasteiger partial charge in [0.15, 0.2) is 0 Å². The number of aryl methyl sites for hydroxylation is 2. The molecule has 0 spiro atoms. The van der Waals surface area contributed by atoms with Gasteiger partial charge in [0.2, 0.25) is 0 Å². The second-order valence-electron chi connectivity index (χ2n) is 14.5. The van der Waals surface area contributed by atoms with Crippen LogP contribution >= 0.6 is 11.3 Å². The van der Waals surface area contributed by atoms with Crippen LogP contribution in [0.4, 0.5) is 28.4 Å². The zero-order valence-corrected chi connectivity index (χ0v) is 28.8. The van der Waals surface area contributed by atoms with Crippen LogP contribution in [0.3, 0.4) is 0 Å². The molecule has 0 atom stereocenters. The number of rotatable bonds is 4. The topological polar surface area (TPSA) is 6.48 Å². The van der Waals surface area contributed by atoms with Gasteiger partial charge in [0.25, 0.3) is 0 Å². The van der Waals surface area contributed by atoms with Crippen LogP contribution in [0.25, 0.3) is 31.3 Å². The Morgan fingerprint density at radius 1 is 0.688 bits per heavy atom. The lowest BCUT2D eigenvalue weighted by Gasteiger charge is -2.50. The molecule has 0 amide bonds. The van der Waals surface area contributed by atoms with Crippen molar-refractivity contribution < 1.29 is 0 Å². The largest absolute Gasteiger partial charge is 0.376 e. The molecule has 4 heterocycles. The zero-order valence-electron chi connectivity index (χ0n) is 28.0. The highest BCUT2D eigenvalue weighted by molar-refractivity contribution is 7.25. The summed E-state index contributed by atoms with van der Waals surface area (Å²) < 4.78 is 2.70. The smallest absolute Gasteiger partial charge is 0.333 e. The number of anilines is 5. The fourth-order valence-corrected chi connectivity index (χ4v) is 10.1. The number of hydrogen-bond acceptors (Lipinski definition) is 3. The molecule has 7 aromatic rings. The predicted octanol–water partition coefficient (Wildman–Crippen LogP) is 11.1. The molecule has 3 aliphatic heterocycles. The fourth-order valence-electron chi connectivity index (χ4n) is 8.95. The van der Waals surface area contributed by atoms with E-state index in [4.69, 9.17) is 0 Å². The summed E-state index contributed by atoms with van der Waals surface area (Å²) in [7, 11) is 0. The van der Waals surface area contributed by atoms with Gasteiger partial charge in [0.05, 0.1) is 5.69 Å². The van der Waals surface area contributed by atoms with Gasteiger partial charge in [-0.15, -0.1) is 11.3 Å². The minimum atomic E-state index is -0.122. The van der Waals surface area contributed by atoms with Crippen LogP contribution in [-0.4, -0.2) is 6.85 Å². The van der Waals surface area contributed by atoms with Gasteiger partial charge in [-0.2, -0.15) is 0 Å². The highest BCUT2D eigenvalue weighted by atomic mass is 32.1. The number of unbranched alkanes of at least 4 members (excludes halogenated alkanes) is 1. The monoisotopic (exact) mass is 636 g/mol. The van der Waals surface area contributed by atoms with Crippen LogP contribution in [0.5, 0.6) is 0 Å². The second-order valence-corrected chi connectivity index (χ2v) is 15.6. The van der Waals surface area contributed by atoms with Crippen molar-refractivity contribution in [1.29, 1.82) is 0 Å². The Bertz CT molecular complexity index is 2450. The van der Waals surface area contributed by atoms with Crippen molar-refractivity contribution in [2.75, 3.05) is 9.71 Å². The SMILES string of the molecule is CCCCc1ccc(N2B3c4cccc5c4N(c4ccccc4C5(C)C)c4cc(C)cc(c43)-c3cc4sc5ccccc5c4cc32)cc1. The predicted molar refractivity (Wildman–Crippen MR) is 209 cm³/mol. The minimum absolute atomic E-state index is 0.0409. The third-order valence-corrected chi connectivity index (χ3v) is 12.4. The Morgan fingerprint density at radius 3 is 2.33 bits per heavy atom. The zero-order chi connectivity index (χ0) is 32.3. The Balaban J connectivity index is 1.32.